The van der Waals surface area contributed by atoms with Crippen molar-refractivity contribution in [3.05, 3.63) is 47.3 Å². The molecule has 146 valence electrons. The summed E-state index contributed by atoms with van der Waals surface area (Å²) in [6, 6.07) is 9.82. The molecule has 0 bridgehead atoms. The zero-order valence-electron chi connectivity index (χ0n) is 16.5. The first-order valence-electron chi connectivity index (χ1n) is 9.52. The molecule has 1 amide bonds. The zero-order valence-corrected chi connectivity index (χ0v) is 16.5. The first-order chi connectivity index (χ1) is 13.1. The first kappa shape index (κ1) is 19.5. The van der Waals surface area contributed by atoms with Gasteiger partial charge in [-0.2, -0.15) is 0 Å². The molecule has 0 spiro atoms. The fraction of sp³-hybridized carbons (Fsp3) is 0.476. The van der Waals surface area contributed by atoms with Crippen LogP contribution in [0.4, 0.5) is 0 Å². The van der Waals surface area contributed by atoms with E-state index in [0.29, 0.717) is 6.54 Å². The zero-order chi connectivity index (χ0) is 19.2. The fourth-order valence-electron chi connectivity index (χ4n) is 3.55. The Morgan fingerprint density at radius 3 is 2.56 bits per heavy atom. The highest BCUT2D eigenvalue weighted by atomic mass is 16.5. The molecule has 6 heteroatoms. The number of aryl methyl sites for hydroxylation is 1. The molecule has 0 radical (unpaired) electrons. The highest BCUT2D eigenvalue weighted by Gasteiger charge is 2.17. The summed E-state index contributed by atoms with van der Waals surface area (Å²) in [4.78, 5) is 15.0. The van der Waals surface area contributed by atoms with E-state index < -0.39 is 0 Å². The lowest BCUT2D eigenvalue weighted by atomic mass is 10.2. The van der Waals surface area contributed by atoms with Crippen molar-refractivity contribution in [1.82, 2.24) is 14.8 Å². The fourth-order valence-corrected chi connectivity index (χ4v) is 3.55. The molecule has 1 aromatic carbocycles. The molecule has 1 saturated heterocycles. The van der Waals surface area contributed by atoms with Crippen molar-refractivity contribution in [1.29, 1.82) is 0 Å². The Kier molecular flexibility index (Phi) is 6.53. The molecule has 1 N–H and O–H groups in total. The number of ether oxygens (including phenoxy) is 2. The van der Waals surface area contributed by atoms with Gasteiger partial charge in [-0.15, -0.1) is 0 Å². The molecule has 2 heterocycles. The molecule has 0 atom stereocenters. The van der Waals surface area contributed by atoms with Gasteiger partial charge in [0.1, 0.15) is 5.75 Å². The Balaban J connectivity index is 1.60. The van der Waals surface area contributed by atoms with Crippen molar-refractivity contribution in [2.45, 2.75) is 20.3 Å². The predicted octanol–water partition coefficient (Wildman–Crippen LogP) is 2.55. The van der Waals surface area contributed by atoms with Gasteiger partial charge < -0.3 is 19.4 Å². The number of hydrogen-bond donors (Lipinski definition) is 1. The SMILES string of the molecule is COc1ccc(-n2c(C)cc(C(=O)NCCCN3CCOCC3)c2C)cc1. The molecule has 1 aliphatic heterocycles. The number of carbonyl (C=O) groups is 1. The minimum absolute atomic E-state index is 0.00941. The molecule has 0 unspecified atom stereocenters. The van der Waals surface area contributed by atoms with E-state index in [1.54, 1.807) is 7.11 Å². The van der Waals surface area contributed by atoms with E-state index in [0.717, 1.165) is 67.7 Å². The van der Waals surface area contributed by atoms with Gasteiger partial charge in [0.2, 0.25) is 0 Å². The Morgan fingerprint density at radius 1 is 1.19 bits per heavy atom. The monoisotopic (exact) mass is 371 g/mol. The number of nitrogens with zero attached hydrogens (tertiary/aromatic N) is 2. The summed E-state index contributed by atoms with van der Waals surface area (Å²) >= 11 is 0. The van der Waals surface area contributed by atoms with Gasteiger partial charge in [-0.3, -0.25) is 9.69 Å². The van der Waals surface area contributed by atoms with Gasteiger partial charge in [-0.05, 0) is 57.1 Å². The predicted molar refractivity (Wildman–Crippen MR) is 106 cm³/mol. The number of amides is 1. The molecule has 6 nitrogen and oxygen atoms in total. The maximum Gasteiger partial charge on any atom is 0.253 e. The number of nitrogens with one attached hydrogen (secondary N) is 1. The average molecular weight is 371 g/mol. The maximum atomic E-state index is 12.6. The molecule has 3 rings (SSSR count). The second-order valence-electron chi connectivity index (χ2n) is 6.88. The van der Waals surface area contributed by atoms with Gasteiger partial charge in [-0.1, -0.05) is 0 Å². The third-order valence-corrected chi connectivity index (χ3v) is 5.05. The van der Waals surface area contributed by atoms with Crippen LogP contribution >= 0.6 is 0 Å². The Labute approximate surface area is 161 Å². The average Bonchev–Trinajstić information content (AvgIpc) is 3.00. The number of methoxy groups -OCH3 is 1. The molecule has 1 fully saturated rings. The maximum absolute atomic E-state index is 12.6. The quantitative estimate of drug-likeness (QED) is 0.760. The number of morpholine rings is 1. The van der Waals surface area contributed by atoms with E-state index in [2.05, 4.69) is 14.8 Å². The van der Waals surface area contributed by atoms with Gasteiger partial charge in [0.05, 0.1) is 25.9 Å². The van der Waals surface area contributed by atoms with Gasteiger partial charge in [-0.25, -0.2) is 0 Å². The molecule has 1 aliphatic rings. The van der Waals surface area contributed by atoms with Crippen LogP contribution in [0.2, 0.25) is 0 Å². The van der Waals surface area contributed by atoms with Gasteiger partial charge in [0, 0.05) is 36.7 Å². The highest BCUT2D eigenvalue weighted by Crippen LogP contribution is 2.22. The second kappa shape index (κ2) is 9.06. The van der Waals surface area contributed by atoms with E-state index in [1.807, 2.05) is 44.2 Å². The summed E-state index contributed by atoms with van der Waals surface area (Å²) in [5, 5.41) is 3.06. The Morgan fingerprint density at radius 2 is 1.89 bits per heavy atom. The first-order valence-corrected chi connectivity index (χ1v) is 9.52. The van der Waals surface area contributed by atoms with Crippen LogP contribution in [0.25, 0.3) is 5.69 Å². The number of rotatable bonds is 7. The van der Waals surface area contributed by atoms with Crippen molar-refractivity contribution >= 4 is 5.91 Å². The van der Waals surface area contributed by atoms with Crippen molar-refractivity contribution in [3.8, 4) is 11.4 Å². The minimum Gasteiger partial charge on any atom is -0.497 e. The number of aromatic nitrogens is 1. The minimum atomic E-state index is -0.00941. The van der Waals surface area contributed by atoms with Crippen LogP contribution in [0, 0.1) is 13.8 Å². The van der Waals surface area contributed by atoms with Crippen molar-refractivity contribution in [3.63, 3.8) is 0 Å². The molecule has 27 heavy (non-hydrogen) atoms. The second-order valence-corrected chi connectivity index (χ2v) is 6.88. The van der Waals surface area contributed by atoms with Crippen LogP contribution in [0.5, 0.6) is 5.75 Å². The lowest BCUT2D eigenvalue weighted by Crippen LogP contribution is -2.38. The summed E-state index contributed by atoms with van der Waals surface area (Å²) < 4.78 is 12.7. The van der Waals surface area contributed by atoms with Crippen LogP contribution in [0.1, 0.15) is 28.2 Å². The number of hydrogen-bond acceptors (Lipinski definition) is 4. The molecule has 0 aliphatic carbocycles. The van der Waals surface area contributed by atoms with Gasteiger partial charge in [0.25, 0.3) is 5.91 Å². The van der Waals surface area contributed by atoms with Crippen LogP contribution in [-0.4, -0.2) is 61.9 Å². The molecular formula is C21H29N3O3. The van der Waals surface area contributed by atoms with E-state index in [4.69, 9.17) is 9.47 Å². The van der Waals surface area contributed by atoms with Crippen molar-refractivity contribution in [2.24, 2.45) is 0 Å². The molecular weight excluding hydrogens is 342 g/mol. The van der Waals surface area contributed by atoms with E-state index >= 15 is 0 Å². The summed E-state index contributed by atoms with van der Waals surface area (Å²) in [5.74, 6) is 0.810. The summed E-state index contributed by atoms with van der Waals surface area (Å²) in [7, 11) is 1.66. The molecule has 0 saturated carbocycles. The summed E-state index contributed by atoms with van der Waals surface area (Å²) in [5.41, 5.74) is 3.74. The lowest BCUT2D eigenvalue weighted by Gasteiger charge is -2.26. The van der Waals surface area contributed by atoms with Crippen LogP contribution < -0.4 is 10.1 Å². The van der Waals surface area contributed by atoms with Crippen LogP contribution in [0.15, 0.2) is 30.3 Å². The highest BCUT2D eigenvalue weighted by molar-refractivity contribution is 5.95. The van der Waals surface area contributed by atoms with Gasteiger partial charge in [0.15, 0.2) is 0 Å². The number of carbonyl (C=O) groups excluding carboxylic acids is 1. The smallest absolute Gasteiger partial charge is 0.253 e. The van der Waals surface area contributed by atoms with E-state index in [1.165, 1.54) is 0 Å². The van der Waals surface area contributed by atoms with Crippen molar-refractivity contribution < 1.29 is 14.3 Å². The van der Waals surface area contributed by atoms with E-state index in [9.17, 15) is 4.79 Å². The Bertz CT molecular complexity index is 762. The normalized spacial score (nSPS) is 14.9. The topological polar surface area (TPSA) is 55.7 Å². The third-order valence-electron chi connectivity index (χ3n) is 5.05. The summed E-state index contributed by atoms with van der Waals surface area (Å²) in [6.07, 6.45) is 0.947. The van der Waals surface area contributed by atoms with E-state index in [-0.39, 0.29) is 5.91 Å². The van der Waals surface area contributed by atoms with Crippen molar-refractivity contribution in [2.75, 3.05) is 46.5 Å². The molecule has 1 aromatic heterocycles. The third kappa shape index (κ3) is 4.70. The van der Waals surface area contributed by atoms with Gasteiger partial charge >= 0.3 is 0 Å². The standard InChI is InChI=1S/C21H29N3O3/c1-16-15-20(17(2)24(16)18-5-7-19(26-3)8-6-18)21(25)22-9-4-10-23-11-13-27-14-12-23/h5-8,15H,4,9-14H2,1-3H3,(H,22,25). The Hall–Kier alpha value is -2.31. The lowest BCUT2D eigenvalue weighted by molar-refractivity contribution is 0.0374. The largest absolute Gasteiger partial charge is 0.497 e. The van der Waals surface area contributed by atoms with Crippen LogP contribution in [-0.2, 0) is 4.74 Å². The number of benzene rings is 1. The molecule has 2 aromatic rings. The summed E-state index contributed by atoms with van der Waals surface area (Å²) in [6.45, 7) is 9.27. The van der Waals surface area contributed by atoms with Crippen LogP contribution in [0.3, 0.4) is 0 Å².